The number of hydrazone groups is 1. The number of halogens is 1. The summed E-state index contributed by atoms with van der Waals surface area (Å²) in [5.41, 5.74) is 4.85. The molecule has 1 heterocycles. The largest absolute Gasteiger partial charge is 0.283 e. The highest BCUT2D eigenvalue weighted by atomic mass is 35.5. The third kappa shape index (κ3) is 3.87. The predicted molar refractivity (Wildman–Crippen MR) is 96.3 cm³/mol. The van der Waals surface area contributed by atoms with Gasteiger partial charge in [0.25, 0.3) is 5.91 Å². The number of amides is 1. The molecule has 0 spiro atoms. The minimum atomic E-state index is -0.228. The van der Waals surface area contributed by atoms with E-state index < -0.39 is 0 Å². The zero-order chi connectivity index (χ0) is 16.1. The van der Waals surface area contributed by atoms with E-state index in [2.05, 4.69) is 24.4 Å². The van der Waals surface area contributed by atoms with Gasteiger partial charge in [0.05, 0.1) is 5.02 Å². The topological polar surface area (TPSA) is 41.5 Å². The number of nitrogens with one attached hydrogen (secondary N) is 1. The average molecular weight is 337 g/mol. The Labute approximate surface area is 140 Å². The summed E-state index contributed by atoms with van der Waals surface area (Å²) in [6.07, 6.45) is 3.87. The molecule has 22 heavy (non-hydrogen) atoms. The van der Waals surface area contributed by atoms with Crippen molar-refractivity contribution in [3.8, 4) is 0 Å². The summed E-state index contributed by atoms with van der Waals surface area (Å²) < 4.78 is 1.03. The highest BCUT2D eigenvalue weighted by Gasteiger charge is 2.17. The summed E-state index contributed by atoms with van der Waals surface area (Å²) in [4.78, 5) is 12.9. The molecule has 2 aromatic rings. The molecule has 1 N–H and O–H groups in total. The number of carbonyl (C=O) groups excluding carboxylic acids is 1. The molecule has 118 valence electrons. The third-order valence-corrected chi connectivity index (χ3v) is 5.04. The van der Waals surface area contributed by atoms with Gasteiger partial charge >= 0.3 is 0 Å². The standard InChI is InChI=1S/C17H21ClN2OS/c1-4-6-12(7-5-2)19-20-17(21)16-15(18)13-9-8-11(3)10-14(13)22-16/h8-10H,4-7H2,1-3H3,(H,20,21). The number of hydrogen-bond acceptors (Lipinski definition) is 3. The smallest absolute Gasteiger partial charge is 0.266 e. The number of fused-ring (bicyclic) bond motifs is 1. The van der Waals surface area contributed by atoms with Crippen LogP contribution in [0.5, 0.6) is 0 Å². The van der Waals surface area contributed by atoms with Crippen molar-refractivity contribution in [2.75, 3.05) is 0 Å². The number of thiophene rings is 1. The van der Waals surface area contributed by atoms with Crippen LogP contribution in [0.2, 0.25) is 5.02 Å². The quantitative estimate of drug-likeness (QED) is 0.545. The first-order valence-corrected chi connectivity index (χ1v) is 8.80. The third-order valence-electron chi connectivity index (χ3n) is 3.38. The van der Waals surface area contributed by atoms with Crippen LogP contribution < -0.4 is 5.43 Å². The van der Waals surface area contributed by atoms with Crippen LogP contribution in [0.1, 0.15) is 54.8 Å². The monoisotopic (exact) mass is 336 g/mol. The fourth-order valence-corrected chi connectivity index (χ4v) is 3.82. The lowest BCUT2D eigenvalue weighted by Gasteiger charge is -2.04. The Hall–Kier alpha value is -1.39. The fraction of sp³-hybridized carbons (Fsp3) is 0.412. The zero-order valence-corrected chi connectivity index (χ0v) is 14.8. The fourth-order valence-electron chi connectivity index (χ4n) is 2.31. The molecule has 0 fully saturated rings. The van der Waals surface area contributed by atoms with Crippen molar-refractivity contribution in [1.29, 1.82) is 0 Å². The summed E-state index contributed by atoms with van der Waals surface area (Å²) in [6.45, 7) is 6.25. The number of benzene rings is 1. The Morgan fingerprint density at radius 2 is 1.95 bits per heavy atom. The minimum absolute atomic E-state index is 0.228. The molecule has 0 aliphatic carbocycles. The second kappa shape index (κ2) is 7.75. The predicted octanol–water partition coefficient (Wildman–Crippen LogP) is 5.55. The molecular weight excluding hydrogens is 316 g/mol. The number of nitrogens with zero attached hydrogens (tertiary/aromatic N) is 1. The highest BCUT2D eigenvalue weighted by molar-refractivity contribution is 7.21. The van der Waals surface area contributed by atoms with Gasteiger partial charge in [0.1, 0.15) is 4.88 Å². The van der Waals surface area contributed by atoms with E-state index in [1.165, 1.54) is 11.3 Å². The van der Waals surface area contributed by atoms with Gasteiger partial charge in [0, 0.05) is 15.8 Å². The van der Waals surface area contributed by atoms with E-state index >= 15 is 0 Å². The van der Waals surface area contributed by atoms with Crippen molar-refractivity contribution >= 4 is 44.6 Å². The number of carbonyl (C=O) groups is 1. The van der Waals surface area contributed by atoms with Crippen molar-refractivity contribution in [3.63, 3.8) is 0 Å². The van der Waals surface area contributed by atoms with Crippen molar-refractivity contribution in [2.24, 2.45) is 5.10 Å². The number of aryl methyl sites for hydroxylation is 1. The molecule has 2 rings (SSSR count). The van der Waals surface area contributed by atoms with E-state index in [1.807, 2.05) is 25.1 Å². The Bertz CT molecular complexity index is 698. The summed E-state index contributed by atoms with van der Waals surface area (Å²) in [6, 6.07) is 6.01. The molecule has 0 bridgehead atoms. The van der Waals surface area contributed by atoms with Gasteiger partial charge in [0.2, 0.25) is 0 Å². The van der Waals surface area contributed by atoms with Crippen LogP contribution in [0.4, 0.5) is 0 Å². The van der Waals surface area contributed by atoms with Gasteiger partial charge in [0.15, 0.2) is 0 Å². The molecular formula is C17H21ClN2OS. The molecule has 1 aromatic carbocycles. The van der Waals surface area contributed by atoms with Crippen molar-refractivity contribution in [2.45, 2.75) is 46.5 Å². The molecule has 0 saturated heterocycles. The van der Waals surface area contributed by atoms with Gasteiger partial charge in [-0.1, -0.05) is 50.4 Å². The van der Waals surface area contributed by atoms with Crippen LogP contribution in [-0.4, -0.2) is 11.6 Å². The van der Waals surface area contributed by atoms with Crippen LogP contribution in [0.15, 0.2) is 23.3 Å². The van der Waals surface area contributed by atoms with Gasteiger partial charge in [-0.25, -0.2) is 5.43 Å². The van der Waals surface area contributed by atoms with Crippen molar-refractivity contribution in [1.82, 2.24) is 5.43 Å². The zero-order valence-electron chi connectivity index (χ0n) is 13.2. The van der Waals surface area contributed by atoms with Crippen LogP contribution >= 0.6 is 22.9 Å². The molecule has 0 aliphatic heterocycles. The number of hydrogen-bond donors (Lipinski definition) is 1. The minimum Gasteiger partial charge on any atom is -0.266 e. The van der Waals surface area contributed by atoms with Crippen LogP contribution in [0.25, 0.3) is 10.1 Å². The summed E-state index contributed by atoms with van der Waals surface area (Å²) in [5, 5.41) is 5.71. The SMILES string of the molecule is CCCC(CCC)=NNC(=O)c1sc2cc(C)ccc2c1Cl. The Morgan fingerprint density at radius 1 is 1.27 bits per heavy atom. The molecule has 0 unspecified atom stereocenters. The summed E-state index contributed by atoms with van der Waals surface area (Å²) in [7, 11) is 0. The van der Waals surface area contributed by atoms with E-state index in [-0.39, 0.29) is 5.91 Å². The van der Waals surface area contributed by atoms with Crippen LogP contribution in [0, 0.1) is 6.92 Å². The van der Waals surface area contributed by atoms with E-state index in [4.69, 9.17) is 11.6 Å². The molecule has 0 radical (unpaired) electrons. The Balaban J connectivity index is 2.22. The first kappa shape index (κ1) is 17.0. The first-order chi connectivity index (χ1) is 10.6. The molecule has 3 nitrogen and oxygen atoms in total. The van der Waals surface area contributed by atoms with Crippen LogP contribution in [-0.2, 0) is 0 Å². The second-order valence-corrected chi connectivity index (χ2v) is 6.79. The van der Waals surface area contributed by atoms with E-state index in [0.29, 0.717) is 9.90 Å². The normalized spacial score (nSPS) is 10.7. The van der Waals surface area contributed by atoms with Gasteiger partial charge in [-0.2, -0.15) is 5.10 Å². The number of rotatable bonds is 6. The van der Waals surface area contributed by atoms with E-state index in [0.717, 1.165) is 47.0 Å². The summed E-state index contributed by atoms with van der Waals surface area (Å²) >= 11 is 7.75. The lowest BCUT2D eigenvalue weighted by Crippen LogP contribution is -2.19. The molecule has 0 aliphatic rings. The van der Waals surface area contributed by atoms with Gasteiger partial charge in [-0.05, 0) is 31.4 Å². The van der Waals surface area contributed by atoms with Gasteiger partial charge in [-0.15, -0.1) is 11.3 Å². The second-order valence-electron chi connectivity index (χ2n) is 5.36. The Morgan fingerprint density at radius 3 is 2.59 bits per heavy atom. The molecule has 1 aromatic heterocycles. The molecule has 5 heteroatoms. The summed E-state index contributed by atoms with van der Waals surface area (Å²) in [5.74, 6) is -0.228. The van der Waals surface area contributed by atoms with E-state index in [9.17, 15) is 4.79 Å². The Kier molecular flexibility index (Phi) is 5.98. The maximum Gasteiger partial charge on any atom is 0.283 e. The van der Waals surface area contributed by atoms with E-state index in [1.54, 1.807) is 0 Å². The van der Waals surface area contributed by atoms with Crippen LogP contribution in [0.3, 0.4) is 0 Å². The maximum atomic E-state index is 12.3. The first-order valence-electron chi connectivity index (χ1n) is 7.61. The molecule has 0 atom stereocenters. The molecule has 0 saturated carbocycles. The van der Waals surface area contributed by atoms with Gasteiger partial charge < -0.3 is 0 Å². The van der Waals surface area contributed by atoms with Gasteiger partial charge in [-0.3, -0.25) is 4.79 Å². The van der Waals surface area contributed by atoms with Crippen molar-refractivity contribution in [3.05, 3.63) is 33.7 Å². The van der Waals surface area contributed by atoms with Crippen molar-refractivity contribution < 1.29 is 4.79 Å². The lowest BCUT2D eigenvalue weighted by atomic mass is 10.1. The average Bonchev–Trinajstić information content (AvgIpc) is 2.81. The highest BCUT2D eigenvalue weighted by Crippen LogP contribution is 2.35. The lowest BCUT2D eigenvalue weighted by molar-refractivity contribution is 0.0959. The molecule has 1 amide bonds. The maximum absolute atomic E-state index is 12.3.